The second kappa shape index (κ2) is 23.7. The molecular weight excluding hydrogens is 754 g/mol. The second-order valence-electron chi connectivity index (χ2n) is 15.3. The quantitative estimate of drug-likeness (QED) is 0.0550. The van der Waals surface area contributed by atoms with Gasteiger partial charge in [-0.2, -0.15) is 0 Å². The van der Waals surface area contributed by atoms with Crippen LogP contribution in [0.25, 0.3) is 0 Å². The number of esters is 1. The maximum absolute atomic E-state index is 14.5. The van der Waals surface area contributed by atoms with E-state index in [0.717, 1.165) is 32.1 Å². The number of alkyl halides is 1. The lowest BCUT2D eigenvalue weighted by Crippen LogP contribution is -2.59. The molecule has 3 rings (SSSR count). The number of carbonyl (C=O) groups excluding carboxylic acids is 5. The fourth-order valence-electron chi connectivity index (χ4n) is 7.19. The molecule has 14 nitrogen and oxygen atoms in total. The van der Waals surface area contributed by atoms with Crippen LogP contribution in [-0.2, 0) is 41.6 Å². The molecule has 1 aliphatic rings. The summed E-state index contributed by atoms with van der Waals surface area (Å²) in [5.74, 6) is -2.29. The number of likely N-dealkylation sites (N-methyl/N-ethyl adjacent to an activating group) is 2. The van der Waals surface area contributed by atoms with Crippen LogP contribution in [0.4, 0.5) is 0 Å². The van der Waals surface area contributed by atoms with Gasteiger partial charge in [0.2, 0.25) is 17.7 Å². The predicted molar refractivity (Wildman–Crippen MR) is 218 cm³/mol. The molecule has 0 aromatic heterocycles. The molecular formula is C42H62ClN5O9. The summed E-state index contributed by atoms with van der Waals surface area (Å²) in [7, 11) is 4.38. The number of methoxy groups -OCH3 is 1. The van der Waals surface area contributed by atoms with Crippen molar-refractivity contribution >= 4 is 41.2 Å². The molecule has 1 heterocycles. The normalized spacial score (nSPS) is 16.6. The fourth-order valence-corrected chi connectivity index (χ4v) is 7.38. The molecule has 316 valence electrons. The van der Waals surface area contributed by atoms with E-state index in [1.807, 2.05) is 13.8 Å². The lowest BCUT2D eigenvalue weighted by molar-refractivity contribution is -0.150. The number of phenols is 2. The van der Waals surface area contributed by atoms with Crippen molar-refractivity contribution in [1.82, 2.24) is 25.8 Å². The molecule has 2 aromatic carbocycles. The molecule has 0 spiro atoms. The number of aliphatic hydroxyl groups is 1. The Morgan fingerprint density at radius 2 is 1.44 bits per heavy atom. The van der Waals surface area contributed by atoms with E-state index in [-0.39, 0.29) is 43.2 Å². The largest absolute Gasteiger partial charge is 0.508 e. The monoisotopic (exact) mass is 815 g/mol. The Morgan fingerprint density at radius 1 is 0.877 bits per heavy atom. The van der Waals surface area contributed by atoms with Crippen LogP contribution in [0.5, 0.6) is 11.5 Å². The Bertz CT molecular complexity index is 1590. The first-order chi connectivity index (χ1) is 27.2. The predicted octanol–water partition coefficient (Wildman–Crippen LogP) is 3.42. The third-order valence-electron chi connectivity index (χ3n) is 10.5. The number of unbranched alkanes of at least 4 members (excludes halogenated alkanes) is 4. The van der Waals surface area contributed by atoms with E-state index < -0.39 is 65.9 Å². The first-order valence-electron chi connectivity index (χ1n) is 19.9. The lowest BCUT2D eigenvalue weighted by atomic mass is 9.98. The minimum atomic E-state index is -1.46. The molecule has 15 heteroatoms. The first kappa shape index (κ1) is 47.0. The zero-order valence-corrected chi connectivity index (χ0v) is 34.7. The van der Waals surface area contributed by atoms with Crippen molar-refractivity contribution in [3.8, 4) is 11.5 Å². The molecule has 1 aliphatic heterocycles. The van der Waals surface area contributed by atoms with Crippen molar-refractivity contribution in [2.45, 2.75) is 121 Å². The number of nitrogens with one attached hydrogen (secondary N) is 3. The summed E-state index contributed by atoms with van der Waals surface area (Å²) >= 11 is 5.78. The molecule has 6 N–H and O–H groups in total. The van der Waals surface area contributed by atoms with Crippen LogP contribution >= 0.6 is 11.6 Å². The Labute approximate surface area is 341 Å². The van der Waals surface area contributed by atoms with Crippen LogP contribution in [0.1, 0.15) is 82.8 Å². The number of aliphatic hydroxyl groups excluding tert-OH is 1. The Kier molecular flexibility index (Phi) is 19.6. The standard InChI is InChI=1S/C42H62ClN5O9/c1-27(2)24-36(41(55)48-23-11-13-35(48)38(52)46-34(42(56)57-5)26-29-16-20-31(50)21-17-29)47(4)40(54)33(25-28-14-18-30(49)19-15-28)45-39(53)37(51)32(44-3)12-9-7-6-8-10-22-43/h14-21,27,32-37,44,49-51H,6-13,22-26H2,1-5H3,(H,45,53)(H,46,52). The highest BCUT2D eigenvalue weighted by Crippen LogP contribution is 2.24. The summed E-state index contributed by atoms with van der Waals surface area (Å²) in [4.78, 5) is 71.8. The van der Waals surface area contributed by atoms with E-state index in [2.05, 4.69) is 16.0 Å². The molecule has 1 saturated heterocycles. The van der Waals surface area contributed by atoms with Crippen molar-refractivity contribution in [3.63, 3.8) is 0 Å². The summed E-state index contributed by atoms with van der Waals surface area (Å²) in [6, 6.07) is 7.72. The van der Waals surface area contributed by atoms with Gasteiger partial charge in [-0.25, -0.2) is 4.79 Å². The molecule has 0 aliphatic carbocycles. The van der Waals surface area contributed by atoms with E-state index in [0.29, 0.717) is 36.3 Å². The van der Waals surface area contributed by atoms with Crippen LogP contribution in [0, 0.1) is 5.92 Å². The third kappa shape index (κ3) is 14.5. The third-order valence-corrected chi connectivity index (χ3v) is 10.7. The van der Waals surface area contributed by atoms with Crippen molar-refractivity contribution < 1.29 is 44.0 Å². The van der Waals surface area contributed by atoms with Crippen molar-refractivity contribution in [2.24, 2.45) is 5.92 Å². The first-order valence-corrected chi connectivity index (χ1v) is 20.5. The molecule has 1 fully saturated rings. The van der Waals surface area contributed by atoms with Crippen LogP contribution in [0.3, 0.4) is 0 Å². The summed E-state index contributed by atoms with van der Waals surface area (Å²) in [6.45, 7) is 4.09. The molecule has 0 bridgehead atoms. The number of carbonyl (C=O) groups is 5. The van der Waals surface area contributed by atoms with Crippen molar-refractivity contribution in [3.05, 3.63) is 59.7 Å². The van der Waals surface area contributed by atoms with Gasteiger partial charge in [0.05, 0.1) is 7.11 Å². The number of amides is 4. The van der Waals surface area contributed by atoms with Crippen LogP contribution in [-0.4, -0.2) is 125 Å². The van der Waals surface area contributed by atoms with E-state index in [9.17, 15) is 39.3 Å². The highest BCUT2D eigenvalue weighted by atomic mass is 35.5. The van der Waals surface area contributed by atoms with Crippen molar-refractivity contribution in [2.75, 3.05) is 33.6 Å². The minimum Gasteiger partial charge on any atom is -0.508 e. The number of nitrogens with zero attached hydrogens (tertiary/aromatic N) is 2. The maximum Gasteiger partial charge on any atom is 0.328 e. The summed E-state index contributed by atoms with van der Waals surface area (Å²) in [6.07, 6.45) is 4.96. The summed E-state index contributed by atoms with van der Waals surface area (Å²) in [5.41, 5.74) is 1.31. The fraction of sp³-hybridized carbons (Fsp3) is 0.595. The van der Waals surface area contributed by atoms with E-state index in [1.165, 1.54) is 48.2 Å². The van der Waals surface area contributed by atoms with Gasteiger partial charge in [0, 0.05) is 38.4 Å². The molecule has 2 aromatic rings. The average molecular weight is 816 g/mol. The minimum absolute atomic E-state index is 0.0139. The summed E-state index contributed by atoms with van der Waals surface area (Å²) in [5, 5.41) is 39.2. The van der Waals surface area contributed by atoms with Gasteiger partial charge in [-0.15, -0.1) is 11.6 Å². The Hall–Kier alpha value is -4.40. The number of hydrogen-bond acceptors (Lipinski definition) is 10. The van der Waals surface area contributed by atoms with Gasteiger partial charge < -0.3 is 45.8 Å². The van der Waals surface area contributed by atoms with E-state index in [1.54, 1.807) is 31.3 Å². The average Bonchev–Trinajstić information content (AvgIpc) is 3.70. The van der Waals surface area contributed by atoms with E-state index >= 15 is 0 Å². The number of likely N-dealkylation sites (tertiary alicyclic amines) is 1. The SMILES string of the molecule is CNC(CCCCCCCCl)C(O)C(=O)NC(Cc1ccc(O)cc1)C(=O)N(C)C(CC(C)C)C(=O)N1CCCC1C(=O)NC(Cc1ccc(O)cc1)C(=O)OC. The molecule has 0 radical (unpaired) electrons. The van der Waals surface area contributed by atoms with Gasteiger partial charge in [-0.05, 0) is 80.5 Å². The number of benzene rings is 2. The molecule has 6 unspecified atom stereocenters. The molecule has 0 saturated carbocycles. The van der Waals surface area contributed by atoms with Crippen LogP contribution in [0.15, 0.2) is 48.5 Å². The van der Waals surface area contributed by atoms with Gasteiger partial charge >= 0.3 is 5.97 Å². The number of ether oxygens (including phenoxy) is 1. The zero-order chi connectivity index (χ0) is 42.1. The Balaban J connectivity index is 1.82. The number of halogens is 1. The van der Waals surface area contributed by atoms with Crippen LogP contribution in [0.2, 0.25) is 0 Å². The molecule has 4 amide bonds. The topological polar surface area (TPSA) is 198 Å². The zero-order valence-electron chi connectivity index (χ0n) is 33.9. The highest BCUT2D eigenvalue weighted by Gasteiger charge is 2.42. The van der Waals surface area contributed by atoms with Gasteiger partial charge in [0.25, 0.3) is 5.91 Å². The lowest BCUT2D eigenvalue weighted by Gasteiger charge is -2.36. The molecule has 6 atom stereocenters. The smallest absolute Gasteiger partial charge is 0.328 e. The van der Waals surface area contributed by atoms with Crippen molar-refractivity contribution in [1.29, 1.82) is 0 Å². The maximum atomic E-state index is 14.5. The second-order valence-corrected chi connectivity index (χ2v) is 15.6. The van der Waals surface area contributed by atoms with Crippen LogP contribution < -0.4 is 16.0 Å². The number of aromatic hydroxyl groups is 2. The number of hydrogen-bond donors (Lipinski definition) is 6. The van der Waals surface area contributed by atoms with Gasteiger partial charge in [-0.1, -0.05) is 63.8 Å². The highest BCUT2D eigenvalue weighted by molar-refractivity contribution is 6.17. The van der Waals surface area contributed by atoms with Gasteiger partial charge in [0.15, 0.2) is 0 Å². The van der Waals surface area contributed by atoms with Gasteiger partial charge in [-0.3, -0.25) is 19.2 Å². The van der Waals surface area contributed by atoms with E-state index in [4.69, 9.17) is 16.3 Å². The number of rotatable bonds is 23. The Morgan fingerprint density at radius 3 is 1.98 bits per heavy atom. The number of phenolic OH excluding ortho intramolecular Hbond substituents is 2. The van der Waals surface area contributed by atoms with Gasteiger partial charge in [0.1, 0.15) is 41.8 Å². The molecule has 57 heavy (non-hydrogen) atoms. The summed E-state index contributed by atoms with van der Waals surface area (Å²) < 4.78 is 4.96.